The van der Waals surface area contributed by atoms with Crippen molar-refractivity contribution < 1.29 is 0 Å². The van der Waals surface area contributed by atoms with Gasteiger partial charge < -0.3 is 10.2 Å². The maximum atomic E-state index is 4.67. The van der Waals surface area contributed by atoms with Crippen LogP contribution in [0.4, 0.5) is 5.82 Å². The lowest BCUT2D eigenvalue weighted by Crippen LogP contribution is -2.41. The highest BCUT2D eigenvalue weighted by Crippen LogP contribution is 2.21. The van der Waals surface area contributed by atoms with Gasteiger partial charge in [0.05, 0.1) is 17.6 Å². The van der Waals surface area contributed by atoms with Crippen molar-refractivity contribution in [3.05, 3.63) is 17.6 Å². The van der Waals surface area contributed by atoms with Crippen molar-refractivity contribution in [2.24, 2.45) is 5.92 Å². The number of hydrogen-bond donors (Lipinski definition) is 1. The van der Waals surface area contributed by atoms with Gasteiger partial charge in [-0.05, 0) is 39.2 Å². The number of hydrogen-bond acceptors (Lipinski definition) is 4. The Hall–Kier alpha value is -1.16. The fourth-order valence-electron chi connectivity index (χ4n) is 2.52. The van der Waals surface area contributed by atoms with E-state index in [0.717, 1.165) is 42.8 Å². The molecule has 106 valence electrons. The molecule has 1 N–H and O–H groups in total. The van der Waals surface area contributed by atoms with E-state index in [2.05, 4.69) is 34.0 Å². The normalized spacial score (nSPS) is 20.1. The molecule has 1 aromatic rings. The molecule has 1 saturated heterocycles. The molecule has 0 amide bonds. The zero-order valence-corrected chi connectivity index (χ0v) is 12.6. The maximum Gasteiger partial charge on any atom is 0.147 e. The van der Waals surface area contributed by atoms with Crippen LogP contribution in [-0.2, 0) is 0 Å². The summed E-state index contributed by atoms with van der Waals surface area (Å²) in [6, 6.07) is 0.566. The average molecular weight is 262 g/mol. The third-order valence-corrected chi connectivity index (χ3v) is 3.84. The van der Waals surface area contributed by atoms with Crippen LogP contribution in [0.5, 0.6) is 0 Å². The molecule has 19 heavy (non-hydrogen) atoms. The van der Waals surface area contributed by atoms with E-state index >= 15 is 0 Å². The predicted octanol–water partition coefficient (Wildman–Crippen LogP) is 2.31. The predicted molar refractivity (Wildman–Crippen MR) is 79.6 cm³/mol. The molecule has 2 heterocycles. The minimum atomic E-state index is 0.566. The Morgan fingerprint density at radius 3 is 2.84 bits per heavy atom. The lowest BCUT2D eigenvalue weighted by Gasteiger charge is -2.34. The minimum absolute atomic E-state index is 0.566. The van der Waals surface area contributed by atoms with Gasteiger partial charge in [-0.3, -0.25) is 4.98 Å². The van der Waals surface area contributed by atoms with Gasteiger partial charge in [0.1, 0.15) is 5.82 Å². The summed E-state index contributed by atoms with van der Waals surface area (Å²) in [6.07, 6.45) is 4.48. The van der Waals surface area contributed by atoms with Crippen molar-refractivity contribution in [2.45, 2.75) is 46.6 Å². The minimum Gasteiger partial charge on any atom is -0.355 e. The molecule has 1 aromatic heterocycles. The van der Waals surface area contributed by atoms with Crippen molar-refractivity contribution >= 4 is 5.82 Å². The Balaban J connectivity index is 1.98. The third-order valence-electron chi connectivity index (χ3n) is 3.84. The first kappa shape index (κ1) is 14.3. The van der Waals surface area contributed by atoms with Crippen LogP contribution in [0.2, 0.25) is 0 Å². The molecule has 0 aliphatic carbocycles. The molecule has 0 saturated carbocycles. The number of nitrogens with zero attached hydrogens (tertiary/aromatic N) is 3. The van der Waals surface area contributed by atoms with E-state index in [1.807, 2.05) is 20.0 Å². The standard InChI is InChI=1S/C15H26N4/c1-11(2)16-8-14-6-5-7-19(10-14)15-9-17-12(3)13(4)18-15/h9,11,14,16H,5-8,10H2,1-4H3. The van der Waals surface area contributed by atoms with Crippen LogP contribution in [-0.4, -0.2) is 35.6 Å². The summed E-state index contributed by atoms with van der Waals surface area (Å²) in [5.74, 6) is 1.76. The van der Waals surface area contributed by atoms with Crippen LogP contribution >= 0.6 is 0 Å². The maximum absolute atomic E-state index is 4.67. The van der Waals surface area contributed by atoms with Gasteiger partial charge >= 0.3 is 0 Å². The van der Waals surface area contributed by atoms with Crippen molar-refractivity contribution in [1.29, 1.82) is 0 Å². The van der Waals surface area contributed by atoms with Crippen molar-refractivity contribution in [3.8, 4) is 0 Å². The monoisotopic (exact) mass is 262 g/mol. The molecule has 4 heteroatoms. The Kier molecular flexibility index (Phi) is 4.75. The first-order valence-corrected chi connectivity index (χ1v) is 7.35. The molecule has 0 radical (unpaired) electrons. The second kappa shape index (κ2) is 6.33. The number of rotatable bonds is 4. The van der Waals surface area contributed by atoms with Crippen LogP contribution in [0, 0.1) is 19.8 Å². The number of aryl methyl sites for hydroxylation is 2. The number of anilines is 1. The molecule has 0 spiro atoms. The van der Waals surface area contributed by atoms with Crippen LogP contribution in [0.3, 0.4) is 0 Å². The van der Waals surface area contributed by atoms with Gasteiger partial charge in [0.2, 0.25) is 0 Å². The Morgan fingerprint density at radius 2 is 2.16 bits per heavy atom. The molecular weight excluding hydrogens is 236 g/mol. The number of aromatic nitrogens is 2. The second-order valence-corrected chi connectivity index (χ2v) is 5.92. The Bertz CT molecular complexity index is 417. The fourth-order valence-corrected chi connectivity index (χ4v) is 2.52. The van der Waals surface area contributed by atoms with Gasteiger partial charge in [-0.1, -0.05) is 13.8 Å². The van der Waals surface area contributed by atoms with Crippen LogP contribution in [0.25, 0.3) is 0 Å². The van der Waals surface area contributed by atoms with Gasteiger partial charge in [0, 0.05) is 19.1 Å². The third kappa shape index (κ3) is 3.90. The van der Waals surface area contributed by atoms with E-state index in [0.29, 0.717) is 6.04 Å². The smallest absolute Gasteiger partial charge is 0.147 e. The molecule has 0 bridgehead atoms. The van der Waals surface area contributed by atoms with Gasteiger partial charge in [-0.25, -0.2) is 4.98 Å². The molecule has 1 atom stereocenters. The Morgan fingerprint density at radius 1 is 1.37 bits per heavy atom. The molecule has 4 nitrogen and oxygen atoms in total. The SMILES string of the molecule is Cc1ncc(N2CCCC(CNC(C)C)C2)nc1C. The van der Waals surface area contributed by atoms with Gasteiger partial charge in [0.25, 0.3) is 0 Å². The molecule has 0 aromatic carbocycles. The largest absolute Gasteiger partial charge is 0.355 e. The van der Waals surface area contributed by atoms with Crippen molar-refractivity contribution in [3.63, 3.8) is 0 Å². The first-order chi connectivity index (χ1) is 9.06. The van der Waals surface area contributed by atoms with E-state index in [1.54, 1.807) is 0 Å². The van der Waals surface area contributed by atoms with Crippen LogP contribution < -0.4 is 10.2 Å². The van der Waals surface area contributed by atoms with E-state index in [-0.39, 0.29) is 0 Å². The molecule has 1 aliphatic heterocycles. The van der Waals surface area contributed by atoms with E-state index < -0.39 is 0 Å². The highest BCUT2D eigenvalue weighted by atomic mass is 15.2. The zero-order valence-electron chi connectivity index (χ0n) is 12.6. The quantitative estimate of drug-likeness (QED) is 0.904. The molecule has 1 fully saturated rings. The number of nitrogens with one attached hydrogen (secondary N) is 1. The molecule has 1 unspecified atom stereocenters. The van der Waals surface area contributed by atoms with E-state index in [4.69, 9.17) is 0 Å². The summed E-state index contributed by atoms with van der Waals surface area (Å²) in [5.41, 5.74) is 2.07. The van der Waals surface area contributed by atoms with Crippen LogP contribution in [0.15, 0.2) is 6.20 Å². The summed E-state index contributed by atoms with van der Waals surface area (Å²) in [7, 11) is 0. The molecule has 2 rings (SSSR count). The summed E-state index contributed by atoms with van der Waals surface area (Å²) in [5, 5.41) is 3.55. The topological polar surface area (TPSA) is 41.1 Å². The average Bonchev–Trinajstić information content (AvgIpc) is 2.40. The highest BCUT2D eigenvalue weighted by molar-refractivity contribution is 5.38. The Labute approximate surface area is 116 Å². The van der Waals surface area contributed by atoms with E-state index in [1.165, 1.54) is 12.8 Å². The lowest BCUT2D eigenvalue weighted by molar-refractivity contribution is 0.378. The number of piperidine rings is 1. The summed E-state index contributed by atoms with van der Waals surface area (Å²) < 4.78 is 0. The zero-order chi connectivity index (χ0) is 13.8. The second-order valence-electron chi connectivity index (χ2n) is 5.92. The van der Waals surface area contributed by atoms with Crippen molar-refractivity contribution in [2.75, 3.05) is 24.5 Å². The fraction of sp³-hybridized carbons (Fsp3) is 0.733. The van der Waals surface area contributed by atoms with Crippen LogP contribution in [0.1, 0.15) is 38.1 Å². The summed E-state index contributed by atoms with van der Waals surface area (Å²) >= 11 is 0. The molecular formula is C15H26N4. The van der Waals surface area contributed by atoms with Crippen molar-refractivity contribution in [1.82, 2.24) is 15.3 Å². The molecule has 1 aliphatic rings. The van der Waals surface area contributed by atoms with Gasteiger partial charge in [-0.15, -0.1) is 0 Å². The van der Waals surface area contributed by atoms with Gasteiger partial charge in [0.15, 0.2) is 0 Å². The first-order valence-electron chi connectivity index (χ1n) is 7.35. The highest BCUT2D eigenvalue weighted by Gasteiger charge is 2.21. The lowest BCUT2D eigenvalue weighted by atomic mass is 9.98. The van der Waals surface area contributed by atoms with E-state index in [9.17, 15) is 0 Å². The van der Waals surface area contributed by atoms with Gasteiger partial charge in [-0.2, -0.15) is 0 Å². The summed E-state index contributed by atoms with van der Waals surface area (Å²) in [4.78, 5) is 11.5. The summed E-state index contributed by atoms with van der Waals surface area (Å²) in [6.45, 7) is 11.8.